The van der Waals surface area contributed by atoms with Crippen molar-refractivity contribution in [3.63, 3.8) is 0 Å². The lowest BCUT2D eigenvalue weighted by molar-refractivity contribution is 0.0729. The van der Waals surface area contributed by atoms with Crippen LogP contribution in [0.2, 0.25) is 0 Å². The van der Waals surface area contributed by atoms with Gasteiger partial charge in [0.25, 0.3) is 0 Å². The van der Waals surface area contributed by atoms with Crippen LogP contribution in [0.1, 0.15) is 99.0 Å². The molecule has 2 aromatic rings. The second-order valence-electron chi connectivity index (χ2n) is 9.71. The van der Waals surface area contributed by atoms with E-state index in [1.807, 2.05) is 0 Å². The Morgan fingerprint density at radius 2 is 1.54 bits per heavy atom. The van der Waals surface area contributed by atoms with E-state index in [1.54, 1.807) is 6.07 Å². The Hall–Kier alpha value is -2.81. The number of hydrogen-bond acceptors (Lipinski definition) is 3. The lowest BCUT2D eigenvalue weighted by atomic mass is 9.77. The number of carbonyl (C=O) groups is 1. The number of ether oxygens (including phenoxy) is 1. The highest BCUT2D eigenvalue weighted by Gasteiger charge is 2.22. The molecule has 35 heavy (non-hydrogen) atoms. The normalized spacial score (nSPS) is 17.7. The molecule has 1 fully saturated rings. The molecular formula is C29H34F3NO2. The summed E-state index contributed by atoms with van der Waals surface area (Å²) in [6.07, 6.45) is 14.8. The fourth-order valence-electron chi connectivity index (χ4n) is 4.97. The zero-order valence-corrected chi connectivity index (χ0v) is 20.4. The van der Waals surface area contributed by atoms with Gasteiger partial charge in [-0.2, -0.15) is 5.26 Å². The third-order valence-corrected chi connectivity index (χ3v) is 7.11. The van der Waals surface area contributed by atoms with Crippen molar-refractivity contribution in [1.29, 1.82) is 5.26 Å². The van der Waals surface area contributed by atoms with Gasteiger partial charge in [-0.25, -0.2) is 18.0 Å². The van der Waals surface area contributed by atoms with Gasteiger partial charge in [-0.3, -0.25) is 0 Å². The van der Waals surface area contributed by atoms with Crippen molar-refractivity contribution in [2.45, 2.75) is 84.0 Å². The van der Waals surface area contributed by atoms with Crippen LogP contribution in [0.4, 0.5) is 13.2 Å². The van der Waals surface area contributed by atoms with E-state index in [2.05, 4.69) is 6.92 Å². The first-order valence-electron chi connectivity index (χ1n) is 12.8. The van der Waals surface area contributed by atoms with Gasteiger partial charge in [0.1, 0.15) is 34.8 Å². The average Bonchev–Trinajstić information content (AvgIpc) is 2.83. The predicted octanol–water partition coefficient (Wildman–Crippen LogP) is 8.29. The van der Waals surface area contributed by atoms with Crippen LogP contribution in [0.15, 0.2) is 30.3 Å². The fourth-order valence-corrected chi connectivity index (χ4v) is 4.97. The SMILES string of the molecule is CCCCCCC[C@H]1CC[C@H](CCc2ccc(C(=O)Oc3cc(F)c(C#N)c(F)c3)c(F)c2)CC1. The standard InChI is InChI=1S/C29H34F3NO2/c1-2-3-4-5-6-7-20-8-10-21(11-9-20)12-13-22-14-15-24(26(30)16-22)29(34)35-23-17-27(31)25(19-33)28(32)18-23/h14-18,20-21H,2-13H2,1H3/t20-,21-. The Kier molecular flexibility index (Phi) is 10.2. The zero-order chi connectivity index (χ0) is 25.2. The molecule has 0 unspecified atom stereocenters. The molecule has 0 saturated heterocycles. The Balaban J connectivity index is 1.46. The van der Waals surface area contributed by atoms with Gasteiger partial charge in [-0.05, 0) is 42.4 Å². The molecule has 0 radical (unpaired) electrons. The molecule has 1 aliphatic carbocycles. The second-order valence-corrected chi connectivity index (χ2v) is 9.71. The number of rotatable bonds is 11. The number of benzene rings is 2. The van der Waals surface area contributed by atoms with Crippen molar-refractivity contribution in [3.8, 4) is 11.8 Å². The lowest BCUT2D eigenvalue weighted by Gasteiger charge is -2.28. The minimum atomic E-state index is -1.15. The molecule has 0 atom stereocenters. The predicted molar refractivity (Wildman–Crippen MR) is 130 cm³/mol. The van der Waals surface area contributed by atoms with Gasteiger partial charge in [-0.15, -0.1) is 0 Å². The minimum absolute atomic E-state index is 0.307. The van der Waals surface area contributed by atoms with Gasteiger partial charge in [0.15, 0.2) is 0 Å². The highest BCUT2D eigenvalue weighted by Crippen LogP contribution is 2.34. The van der Waals surface area contributed by atoms with E-state index in [0.29, 0.717) is 5.92 Å². The first-order valence-corrected chi connectivity index (χ1v) is 12.8. The molecular weight excluding hydrogens is 451 g/mol. The molecule has 3 nitrogen and oxygen atoms in total. The third-order valence-electron chi connectivity index (χ3n) is 7.11. The van der Waals surface area contributed by atoms with Crippen molar-refractivity contribution in [3.05, 3.63) is 64.5 Å². The van der Waals surface area contributed by atoms with Crippen LogP contribution in [-0.4, -0.2) is 5.97 Å². The quantitative estimate of drug-likeness (QED) is 0.183. The molecule has 0 amide bonds. The molecule has 1 saturated carbocycles. The van der Waals surface area contributed by atoms with Gasteiger partial charge in [0, 0.05) is 12.1 Å². The molecule has 0 aromatic heterocycles. The summed E-state index contributed by atoms with van der Waals surface area (Å²) < 4.78 is 47.0. The average molecular weight is 486 g/mol. The Bertz CT molecular complexity index is 1020. The van der Waals surface area contributed by atoms with E-state index in [-0.39, 0.29) is 5.56 Å². The molecule has 0 aliphatic heterocycles. The van der Waals surface area contributed by atoms with E-state index < -0.39 is 34.7 Å². The third kappa shape index (κ3) is 7.85. The molecule has 188 valence electrons. The van der Waals surface area contributed by atoms with E-state index in [1.165, 1.54) is 82.4 Å². The summed E-state index contributed by atoms with van der Waals surface area (Å²) in [7, 11) is 0. The maximum atomic E-state index is 14.6. The van der Waals surface area contributed by atoms with Crippen LogP contribution >= 0.6 is 0 Å². The summed E-state index contributed by atoms with van der Waals surface area (Å²) in [5.74, 6) is -2.99. The van der Waals surface area contributed by atoms with Crippen molar-refractivity contribution in [2.24, 2.45) is 11.8 Å². The summed E-state index contributed by atoms with van der Waals surface area (Å²) in [6, 6.07) is 7.22. The Morgan fingerprint density at radius 3 is 2.14 bits per heavy atom. The number of esters is 1. The van der Waals surface area contributed by atoms with Gasteiger partial charge in [0.05, 0.1) is 5.56 Å². The number of aryl methyl sites for hydroxylation is 1. The smallest absolute Gasteiger partial charge is 0.346 e. The zero-order valence-electron chi connectivity index (χ0n) is 20.4. The summed E-state index contributed by atoms with van der Waals surface area (Å²) in [5, 5.41) is 8.72. The largest absolute Gasteiger partial charge is 0.423 e. The minimum Gasteiger partial charge on any atom is -0.423 e. The van der Waals surface area contributed by atoms with Crippen LogP contribution in [-0.2, 0) is 6.42 Å². The first-order chi connectivity index (χ1) is 16.9. The number of nitrogens with zero attached hydrogens (tertiary/aromatic N) is 1. The maximum Gasteiger partial charge on any atom is 0.346 e. The molecule has 0 N–H and O–H groups in total. The van der Waals surface area contributed by atoms with Gasteiger partial charge in [-0.1, -0.05) is 77.2 Å². The lowest BCUT2D eigenvalue weighted by Crippen LogP contribution is -2.15. The summed E-state index contributed by atoms with van der Waals surface area (Å²) >= 11 is 0. The summed E-state index contributed by atoms with van der Waals surface area (Å²) in [5.41, 5.74) is -0.262. The van der Waals surface area contributed by atoms with Crippen molar-refractivity contribution in [2.75, 3.05) is 0 Å². The van der Waals surface area contributed by atoms with E-state index >= 15 is 0 Å². The summed E-state index contributed by atoms with van der Waals surface area (Å²) in [4.78, 5) is 12.3. The molecule has 0 spiro atoms. The highest BCUT2D eigenvalue weighted by atomic mass is 19.1. The van der Waals surface area contributed by atoms with Gasteiger partial charge in [0.2, 0.25) is 0 Å². The fraction of sp³-hybridized carbons (Fsp3) is 0.517. The monoisotopic (exact) mass is 485 g/mol. The van der Waals surface area contributed by atoms with Crippen LogP contribution in [0, 0.1) is 40.6 Å². The second kappa shape index (κ2) is 13.3. The molecule has 3 rings (SSSR count). The molecule has 0 bridgehead atoms. The molecule has 1 aliphatic rings. The van der Waals surface area contributed by atoms with Crippen molar-refractivity contribution >= 4 is 5.97 Å². The van der Waals surface area contributed by atoms with Crippen LogP contribution in [0.25, 0.3) is 0 Å². The number of nitriles is 1. The molecule has 0 heterocycles. The van der Waals surface area contributed by atoms with E-state index in [0.717, 1.165) is 36.5 Å². The van der Waals surface area contributed by atoms with Crippen molar-refractivity contribution in [1.82, 2.24) is 0 Å². The number of carbonyl (C=O) groups excluding carboxylic acids is 1. The van der Waals surface area contributed by atoms with E-state index in [9.17, 15) is 18.0 Å². The summed E-state index contributed by atoms with van der Waals surface area (Å²) in [6.45, 7) is 2.24. The molecule has 2 aromatic carbocycles. The van der Waals surface area contributed by atoms with Crippen LogP contribution in [0.3, 0.4) is 0 Å². The Labute approximate surface area is 206 Å². The van der Waals surface area contributed by atoms with Crippen LogP contribution in [0.5, 0.6) is 5.75 Å². The Morgan fingerprint density at radius 1 is 0.914 bits per heavy atom. The van der Waals surface area contributed by atoms with Gasteiger partial charge < -0.3 is 4.74 Å². The van der Waals surface area contributed by atoms with E-state index in [4.69, 9.17) is 10.00 Å². The first kappa shape index (κ1) is 26.8. The number of halogens is 3. The van der Waals surface area contributed by atoms with Crippen molar-refractivity contribution < 1.29 is 22.7 Å². The molecule has 6 heteroatoms. The number of unbranched alkanes of at least 4 members (excludes halogenated alkanes) is 4. The van der Waals surface area contributed by atoms with Crippen LogP contribution < -0.4 is 4.74 Å². The topological polar surface area (TPSA) is 50.1 Å². The maximum absolute atomic E-state index is 14.6. The highest BCUT2D eigenvalue weighted by molar-refractivity contribution is 5.91. The van der Waals surface area contributed by atoms with Gasteiger partial charge >= 0.3 is 5.97 Å². The number of hydrogen-bond donors (Lipinski definition) is 0.